The number of hydrogen-bond acceptors (Lipinski definition) is 1. The second-order valence-corrected chi connectivity index (χ2v) is 5.46. The van der Waals surface area contributed by atoms with Gasteiger partial charge in [-0.25, -0.2) is 4.39 Å². The van der Waals surface area contributed by atoms with E-state index in [1.54, 1.807) is 6.07 Å². The van der Waals surface area contributed by atoms with Crippen molar-refractivity contribution in [3.05, 3.63) is 34.6 Å². The highest BCUT2D eigenvalue weighted by molar-refractivity contribution is 6.31. The highest BCUT2D eigenvalue weighted by Crippen LogP contribution is 2.29. The van der Waals surface area contributed by atoms with Crippen LogP contribution >= 0.6 is 11.6 Å². The molecule has 102 valence electrons. The molecule has 1 atom stereocenters. The molecule has 1 rings (SSSR count). The van der Waals surface area contributed by atoms with Gasteiger partial charge in [-0.15, -0.1) is 0 Å². The fourth-order valence-corrected chi connectivity index (χ4v) is 2.39. The molecule has 0 bridgehead atoms. The van der Waals surface area contributed by atoms with Gasteiger partial charge >= 0.3 is 0 Å². The van der Waals surface area contributed by atoms with Crippen LogP contribution in [0.25, 0.3) is 0 Å². The van der Waals surface area contributed by atoms with E-state index in [9.17, 15) is 4.39 Å². The Morgan fingerprint density at radius 2 is 2.00 bits per heavy atom. The number of benzene rings is 1. The van der Waals surface area contributed by atoms with Gasteiger partial charge in [-0.3, -0.25) is 0 Å². The van der Waals surface area contributed by atoms with Gasteiger partial charge < -0.3 is 5.32 Å². The molecule has 18 heavy (non-hydrogen) atoms. The monoisotopic (exact) mass is 271 g/mol. The van der Waals surface area contributed by atoms with Gasteiger partial charge in [0.05, 0.1) is 5.02 Å². The third-order valence-electron chi connectivity index (χ3n) is 3.08. The highest BCUT2D eigenvalue weighted by atomic mass is 35.5. The van der Waals surface area contributed by atoms with Crippen molar-refractivity contribution < 1.29 is 4.39 Å². The smallest absolute Gasteiger partial charge is 0.142 e. The maximum Gasteiger partial charge on any atom is 0.142 e. The fourth-order valence-electron chi connectivity index (χ4n) is 2.13. The van der Waals surface area contributed by atoms with Crippen LogP contribution in [0.3, 0.4) is 0 Å². The Labute approximate surface area is 115 Å². The van der Waals surface area contributed by atoms with Crippen molar-refractivity contribution in [2.45, 2.75) is 46.1 Å². The Bertz CT molecular complexity index is 366. The van der Waals surface area contributed by atoms with E-state index < -0.39 is 0 Å². The summed E-state index contributed by atoms with van der Waals surface area (Å²) in [4.78, 5) is 0. The largest absolute Gasteiger partial charge is 0.310 e. The van der Waals surface area contributed by atoms with E-state index in [4.69, 9.17) is 11.6 Å². The number of nitrogens with one attached hydrogen (secondary N) is 1. The summed E-state index contributed by atoms with van der Waals surface area (Å²) in [5.74, 6) is 0.371. The average Bonchev–Trinajstić information content (AvgIpc) is 2.31. The van der Waals surface area contributed by atoms with Crippen LogP contribution in [-0.4, -0.2) is 6.54 Å². The topological polar surface area (TPSA) is 12.0 Å². The van der Waals surface area contributed by atoms with Gasteiger partial charge in [-0.2, -0.15) is 0 Å². The van der Waals surface area contributed by atoms with Crippen LogP contribution in [0.15, 0.2) is 18.2 Å². The predicted molar refractivity (Wildman–Crippen MR) is 76.5 cm³/mol. The molecule has 1 aromatic carbocycles. The lowest BCUT2D eigenvalue weighted by Crippen LogP contribution is -2.21. The predicted octanol–water partition coefficient (Wildman–Crippen LogP) is 4.96. The summed E-state index contributed by atoms with van der Waals surface area (Å²) in [6.45, 7) is 7.36. The lowest BCUT2D eigenvalue weighted by atomic mass is 9.98. The number of rotatable bonds is 7. The standard InChI is InChI=1S/C15H23ClFN/c1-4-18-14(10-5-7-11(2)3)12-8-6-9-13(17)15(12)16/h6,8-9,11,14,18H,4-5,7,10H2,1-3H3. The molecule has 0 fully saturated rings. The molecule has 0 saturated carbocycles. The Kier molecular flexibility index (Phi) is 6.66. The molecule has 0 radical (unpaired) electrons. The minimum Gasteiger partial charge on any atom is -0.310 e. The molecule has 0 spiro atoms. The molecule has 0 amide bonds. The molecule has 0 aliphatic rings. The second-order valence-electron chi connectivity index (χ2n) is 5.08. The van der Waals surface area contributed by atoms with E-state index >= 15 is 0 Å². The molecule has 0 aromatic heterocycles. The number of halogens is 2. The minimum atomic E-state index is -0.332. The van der Waals surface area contributed by atoms with E-state index in [1.165, 1.54) is 12.5 Å². The lowest BCUT2D eigenvalue weighted by molar-refractivity contribution is 0.454. The van der Waals surface area contributed by atoms with Gasteiger partial charge in [0.15, 0.2) is 0 Å². The van der Waals surface area contributed by atoms with Crippen molar-refractivity contribution in [1.29, 1.82) is 0 Å². The molecular weight excluding hydrogens is 249 g/mol. The maximum absolute atomic E-state index is 13.5. The van der Waals surface area contributed by atoms with Crippen molar-refractivity contribution in [3.8, 4) is 0 Å². The van der Waals surface area contributed by atoms with Crippen LogP contribution in [0.1, 0.15) is 51.6 Å². The first-order valence-corrected chi connectivity index (χ1v) is 7.11. The first-order valence-electron chi connectivity index (χ1n) is 6.73. The average molecular weight is 272 g/mol. The van der Waals surface area contributed by atoms with Crippen molar-refractivity contribution in [2.75, 3.05) is 6.54 Å². The molecule has 0 aliphatic carbocycles. The van der Waals surface area contributed by atoms with Gasteiger partial charge in [0.2, 0.25) is 0 Å². The van der Waals surface area contributed by atoms with Gasteiger partial charge in [0, 0.05) is 6.04 Å². The Balaban J connectivity index is 2.74. The molecule has 1 unspecified atom stereocenters. The molecule has 1 aromatic rings. The van der Waals surface area contributed by atoms with Gasteiger partial charge in [0.1, 0.15) is 5.82 Å². The fraction of sp³-hybridized carbons (Fsp3) is 0.600. The number of hydrogen-bond donors (Lipinski definition) is 1. The Morgan fingerprint density at radius 1 is 1.28 bits per heavy atom. The molecule has 0 aliphatic heterocycles. The zero-order chi connectivity index (χ0) is 13.5. The summed E-state index contributed by atoms with van der Waals surface area (Å²) >= 11 is 6.05. The Morgan fingerprint density at radius 3 is 2.61 bits per heavy atom. The third-order valence-corrected chi connectivity index (χ3v) is 3.48. The highest BCUT2D eigenvalue weighted by Gasteiger charge is 2.15. The van der Waals surface area contributed by atoms with Crippen molar-refractivity contribution in [3.63, 3.8) is 0 Å². The third kappa shape index (κ3) is 4.58. The van der Waals surface area contributed by atoms with Gasteiger partial charge in [-0.1, -0.05) is 57.3 Å². The van der Waals surface area contributed by atoms with E-state index in [1.807, 2.05) is 6.07 Å². The SMILES string of the molecule is CCNC(CCCC(C)C)c1cccc(F)c1Cl. The first-order chi connectivity index (χ1) is 8.56. The van der Waals surface area contributed by atoms with Crippen LogP contribution in [0.4, 0.5) is 4.39 Å². The summed E-state index contributed by atoms with van der Waals surface area (Å²) in [5, 5.41) is 3.65. The zero-order valence-corrected chi connectivity index (χ0v) is 12.2. The van der Waals surface area contributed by atoms with E-state index in [0.717, 1.165) is 24.9 Å². The normalized spacial score (nSPS) is 13.0. The van der Waals surface area contributed by atoms with Crippen molar-refractivity contribution in [2.24, 2.45) is 5.92 Å². The molecule has 3 heteroatoms. The molecule has 1 N–H and O–H groups in total. The molecule has 1 nitrogen and oxygen atoms in total. The maximum atomic E-state index is 13.5. The minimum absolute atomic E-state index is 0.150. The summed E-state index contributed by atoms with van der Waals surface area (Å²) in [6, 6.07) is 5.19. The Hall–Kier alpha value is -0.600. The molecular formula is C15H23ClFN. The van der Waals surface area contributed by atoms with Gasteiger partial charge in [0.25, 0.3) is 0 Å². The van der Waals surface area contributed by atoms with E-state index in [-0.39, 0.29) is 16.9 Å². The van der Waals surface area contributed by atoms with E-state index in [0.29, 0.717) is 5.92 Å². The van der Waals surface area contributed by atoms with Crippen molar-refractivity contribution in [1.82, 2.24) is 5.32 Å². The lowest BCUT2D eigenvalue weighted by Gasteiger charge is -2.20. The van der Waals surface area contributed by atoms with Crippen LogP contribution < -0.4 is 5.32 Å². The first kappa shape index (κ1) is 15.5. The second kappa shape index (κ2) is 7.75. The zero-order valence-electron chi connectivity index (χ0n) is 11.5. The summed E-state index contributed by atoms with van der Waals surface area (Å²) < 4.78 is 13.5. The van der Waals surface area contributed by atoms with Crippen LogP contribution in [0.5, 0.6) is 0 Å². The van der Waals surface area contributed by atoms with Gasteiger partial charge in [-0.05, 0) is 30.5 Å². The quantitative estimate of drug-likeness (QED) is 0.739. The van der Waals surface area contributed by atoms with Crippen LogP contribution in [0, 0.1) is 11.7 Å². The van der Waals surface area contributed by atoms with E-state index in [2.05, 4.69) is 26.1 Å². The van der Waals surface area contributed by atoms with Crippen molar-refractivity contribution >= 4 is 11.6 Å². The summed E-state index contributed by atoms with van der Waals surface area (Å²) in [5.41, 5.74) is 0.877. The molecule has 0 heterocycles. The molecule has 0 saturated heterocycles. The summed E-state index contributed by atoms with van der Waals surface area (Å²) in [6.07, 6.45) is 3.31. The van der Waals surface area contributed by atoms with Crippen LogP contribution in [-0.2, 0) is 0 Å². The van der Waals surface area contributed by atoms with Crippen LogP contribution in [0.2, 0.25) is 5.02 Å². The summed E-state index contributed by atoms with van der Waals surface area (Å²) in [7, 11) is 0.